The zero-order valence-corrected chi connectivity index (χ0v) is 10.2. The van der Waals surface area contributed by atoms with E-state index in [9.17, 15) is 0 Å². The fraction of sp³-hybridized carbons (Fsp3) is 0.176. The Labute approximate surface area is 103 Å². The Bertz CT molecular complexity index is 580. The van der Waals surface area contributed by atoms with E-state index in [2.05, 4.69) is 49.9 Å². The third-order valence-corrected chi connectivity index (χ3v) is 3.61. The molecule has 0 saturated carbocycles. The molecule has 0 amide bonds. The van der Waals surface area contributed by atoms with E-state index in [-0.39, 0.29) is 0 Å². The van der Waals surface area contributed by atoms with Gasteiger partial charge in [-0.15, -0.1) is 0 Å². The summed E-state index contributed by atoms with van der Waals surface area (Å²) in [7, 11) is 0. The van der Waals surface area contributed by atoms with Crippen LogP contribution in [0.4, 0.5) is 0 Å². The maximum absolute atomic E-state index is 3.82. The lowest BCUT2D eigenvalue weighted by Gasteiger charge is -2.26. The van der Waals surface area contributed by atoms with Crippen molar-refractivity contribution in [1.82, 2.24) is 0 Å². The summed E-state index contributed by atoms with van der Waals surface area (Å²) >= 11 is 0. The Morgan fingerprint density at radius 2 is 2.06 bits per heavy atom. The molecule has 0 fully saturated rings. The van der Waals surface area contributed by atoms with E-state index in [1.54, 1.807) is 0 Å². The van der Waals surface area contributed by atoms with Gasteiger partial charge in [-0.2, -0.15) is 0 Å². The lowest BCUT2D eigenvalue weighted by Crippen LogP contribution is -2.06. The Morgan fingerprint density at radius 3 is 2.88 bits per heavy atom. The Hall–Kier alpha value is -1.82. The van der Waals surface area contributed by atoms with Gasteiger partial charge in [0.2, 0.25) is 0 Å². The molecule has 0 unspecified atom stereocenters. The summed E-state index contributed by atoms with van der Waals surface area (Å²) in [5, 5.41) is 0. The molecule has 0 bridgehead atoms. The molecule has 0 N–H and O–H groups in total. The van der Waals surface area contributed by atoms with Crippen LogP contribution in [0.25, 0.3) is 17.2 Å². The van der Waals surface area contributed by atoms with Crippen LogP contribution in [0, 0.1) is 6.92 Å². The van der Waals surface area contributed by atoms with Crippen LogP contribution in [0.3, 0.4) is 0 Å². The van der Waals surface area contributed by atoms with Gasteiger partial charge in [0.1, 0.15) is 0 Å². The highest BCUT2D eigenvalue weighted by atomic mass is 14.3. The van der Waals surface area contributed by atoms with Crippen molar-refractivity contribution in [1.29, 1.82) is 0 Å². The first-order valence-corrected chi connectivity index (χ1v) is 6.13. The van der Waals surface area contributed by atoms with E-state index in [1.165, 1.54) is 33.4 Å². The van der Waals surface area contributed by atoms with E-state index in [4.69, 9.17) is 0 Å². The Kier molecular flexibility index (Phi) is 2.36. The maximum Gasteiger partial charge on any atom is -0.00738 e. The monoisotopic (exact) mass is 220 g/mol. The summed E-state index contributed by atoms with van der Waals surface area (Å²) in [5.41, 5.74) is 8.50. The van der Waals surface area contributed by atoms with Crippen LogP contribution < -0.4 is 0 Å². The van der Waals surface area contributed by atoms with Crippen molar-refractivity contribution in [3.8, 4) is 0 Å². The summed E-state index contributed by atoms with van der Waals surface area (Å²) in [6.07, 6.45) is 13.0. The van der Waals surface area contributed by atoms with Crippen molar-refractivity contribution in [2.75, 3.05) is 0 Å². The highest BCUT2D eigenvalue weighted by Gasteiger charge is 2.21. The quantitative estimate of drug-likeness (QED) is 0.639. The van der Waals surface area contributed by atoms with Gasteiger partial charge in [-0.25, -0.2) is 0 Å². The molecule has 1 aromatic carbocycles. The largest absolute Gasteiger partial charge is 0.0991 e. The minimum Gasteiger partial charge on any atom is -0.0991 e. The highest BCUT2D eigenvalue weighted by Crippen LogP contribution is 2.41. The van der Waals surface area contributed by atoms with Gasteiger partial charge in [-0.05, 0) is 53.2 Å². The van der Waals surface area contributed by atoms with Gasteiger partial charge in [0, 0.05) is 0 Å². The SMILES string of the molecule is C=C/C=C1/CC=C2CC=Cc3ccc(C)c1c32. The predicted octanol–water partition coefficient (Wildman–Crippen LogP) is 4.77. The molecular weight excluding hydrogens is 204 g/mol. The molecule has 0 heterocycles. The summed E-state index contributed by atoms with van der Waals surface area (Å²) in [5.74, 6) is 0. The lowest BCUT2D eigenvalue weighted by molar-refractivity contribution is 1.22. The predicted molar refractivity (Wildman–Crippen MR) is 75.6 cm³/mol. The van der Waals surface area contributed by atoms with Gasteiger partial charge < -0.3 is 0 Å². The topological polar surface area (TPSA) is 0 Å². The highest BCUT2D eigenvalue weighted by molar-refractivity contribution is 5.92. The molecule has 2 aliphatic rings. The number of hydrogen-bond donors (Lipinski definition) is 0. The fourth-order valence-electron chi connectivity index (χ4n) is 2.85. The van der Waals surface area contributed by atoms with Crippen LogP contribution in [0.15, 0.2) is 43.0 Å². The average molecular weight is 220 g/mol. The first kappa shape index (κ1) is 10.3. The fourth-order valence-corrected chi connectivity index (χ4v) is 2.85. The van der Waals surface area contributed by atoms with Crippen LogP contribution in [-0.4, -0.2) is 0 Å². The number of allylic oxidation sites excluding steroid dienone is 6. The van der Waals surface area contributed by atoms with Crippen LogP contribution in [0.5, 0.6) is 0 Å². The molecule has 0 aromatic heterocycles. The molecule has 0 radical (unpaired) electrons. The van der Waals surface area contributed by atoms with Crippen LogP contribution in [0.1, 0.15) is 35.1 Å². The zero-order chi connectivity index (χ0) is 11.8. The number of rotatable bonds is 1. The smallest absolute Gasteiger partial charge is 0.00738 e. The van der Waals surface area contributed by atoms with E-state index < -0.39 is 0 Å². The van der Waals surface area contributed by atoms with E-state index in [0.717, 1.165) is 12.8 Å². The molecule has 2 aliphatic carbocycles. The van der Waals surface area contributed by atoms with Crippen molar-refractivity contribution in [2.45, 2.75) is 19.8 Å². The second-order valence-electron chi connectivity index (χ2n) is 4.69. The molecule has 0 aliphatic heterocycles. The first-order chi connectivity index (χ1) is 8.31. The van der Waals surface area contributed by atoms with Gasteiger partial charge in [0.15, 0.2) is 0 Å². The third kappa shape index (κ3) is 1.52. The zero-order valence-electron chi connectivity index (χ0n) is 10.2. The molecule has 1 aromatic rings. The molecule has 0 saturated heterocycles. The van der Waals surface area contributed by atoms with E-state index in [1.807, 2.05) is 6.08 Å². The lowest BCUT2D eigenvalue weighted by atomic mass is 9.78. The van der Waals surface area contributed by atoms with Crippen LogP contribution >= 0.6 is 0 Å². The third-order valence-electron chi connectivity index (χ3n) is 3.61. The van der Waals surface area contributed by atoms with Gasteiger partial charge in [0.25, 0.3) is 0 Å². The standard InChI is InChI=1S/C17H16/c1-3-5-13-10-11-15-7-4-6-14-9-8-12(2)16(13)17(14)15/h3-6,8-9,11H,1,7,10H2,2H3/b13-5-. The van der Waals surface area contributed by atoms with Crippen molar-refractivity contribution in [2.24, 2.45) is 0 Å². The molecule has 0 spiro atoms. The van der Waals surface area contributed by atoms with Crippen LogP contribution in [-0.2, 0) is 0 Å². The van der Waals surface area contributed by atoms with Gasteiger partial charge >= 0.3 is 0 Å². The first-order valence-electron chi connectivity index (χ1n) is 6.13. The summed E-state index contributed by atoms with van der Waals surface area (Å²) in [6.45, 7) is 6.02. The van der Waals surface area contributed by atoms with E-state index >= 15 is 0 Å². The van der Waals surface area contributed by atoms with Crippen molar-refractivity contribution in [3.63, 3.8) is 0 Å². The van der Waals surface area contributed by atoms with Gasteiger partial charge in [0.05, 0.1) is 0 Å². The molecular formula is C17H16. The second kappa shape index (κ2) is 3.89. The molecule has 3 rings (SSSR count). The Balaban J connectivity index is 2.35. The average Bonchev–Trinajstić information content (AvgIpc) is 2.35. The number of hydrogen-bond acceptors (Lipinski definition) is 0. The van der Waals surface area contributed by atoms with Gasteiger partial charge in [-0.1, -0.05) is 49.1 Å². The molecule has 0 heteroatoms. The van der Waals surface area contributed by atoms with Crippen molar-refractivity contribution < 1.29 is 0 Å². The van der Waals surface area contributed by atoms with Crippen molar-refractivity contribution >= 4 is 17.2 Å². The molecule has 0 atom stereocenters. The van der Waals surface area contributed by atoms with E-state index in [0.29, 0.717) is 0 Å². The van der Waals surface area contributed by atoms with Crippen molar-refractivity contribution in [3.05, 3.63) is 65.3 Å². The number of aryl methyl sites for hydroxylation is 1. The number of benzene rings is 1. The molecule has 17 heavy (non-hydrogen) atoms. The normalized spacial score (nSPS) is 18.9. The summed E-state index contributed by atoms with van der Waals surface area (Å²) in [4.78, 5) is 0. The minimum atomic E-state index is 1.03. The molecule has 0 nitrogen and oxygen atoms in total. The maximum atomic E-state index is 3.82. The minimum absolute atomic E-state index is 1.03. The van der Waals surface area contributed by atoms with Crippen LogP contribution in [0.2, 0.25) is 0 Å². The second-order valence-corrected chi connectivity index (χ2v) is 4.69. The summed E-state index contributed by atoms with van der Waals surface area (Å²) in [6, 6.07) is 4.46. The Morgan fingerprint density at radius 1 is 1.18 bits per heavy atom. The van der Waals surface area contributed by atoms with Gasteiger partial charge in [-0.3, -0.25) is 0 Å². The molecule has 84 valence electrons. The summed E-state index contributed by atoms with van der Waals surface area (Å²) < 4.78 is 0.